The Labute approximate surface area is 107 Å². The van der Waals surface area contributed by atoms with Crippen LogP contribution in [-0.2, 0) is 20.7 Å². The zero-order valence-corrected chi connectivity index (χ0v) is 10.6. The summed E-state index contributed by atoms with van der Waals surface area (Å²) in [6.45, 7) is 1.45. The standard InChI is InChI=1S/C14H17NO3/c1-11(16)15-13(8-9-14(17)18-2)10-12-6-4-3-5-7-12/h3-9,13H,10H2,1-2H3,(H,15,16). The van der Waals surface area contributed by atoms with E-state index in [-0.39, 0.29) is 11.9 Å². The molecule has 0 aromatic heterocycles. The van der Waals surface area contributed by atoms with E-state index in [0.29, 0.717) is 6.42 Å². The third kappa shape index (κ3) is 5.30. The van der Waals surface area contributed by atoms with Gasteiger partial charge in [-0.15, -0.1) is 0 Å². The average Bonchev–Trinajstić information content (AvgIpc) is 2.36. The van der Waals surface area contributed by atoms with E-state index in [1.165, 1.54) is 20.1 Å². The van der Waals surface area contributed by atoms with Crippen LogP contribution in [0.3, 0.4) is 0 Å². The van der Waals surface area contributed by atoms with E-state index in [1.54, 1.807) is 6.08 Å². The number of amides is 1. The second-order valence-corrected chi connectivity index (χ2v) is 3.88. The lowest BCUT2D eigenvalue weighted by atomic mass is 10.1. The van der Waals surface area contributed by atoms with E-state index < -0.39 is 5.97 Å². The van der Waals surface area contributed by atoms with Crippen molar-refractivity contribution in [1.29, 1.82) is 0 Å². The Balaban J connectivity index is 2.69. The third-order valence-corrected chi connectivity index (χ3v) is 2.35. The molecule has 0 saturated carbocycles. The number of nitrogens with one attached hydrogen (secondary N) is 1. The topological polar surface area (TPSA) is 55.4 Å². The summed E-state index contributed by atoms with van der Waals surface area (Å²) in [7, 11) is 1.32. The zero-order chi connectivity index (χ0) is 13.4. The van der Waals surface area contributed by atoms with Crippen molar-refractivity contribution in [2.24, 2.45) is 0 Å². The number of benzene rings is 1. The summed E-state index contributed by atoms with van der Waals surface area (Å²) in [5, 5.41) is 2.77. The lowest BCUT2D eigenvalue weighted by molar-refractivity contribution is -0.134. The Morgan fingerprint density at radius 3 is 2.56 bits per heavy atom. The normalized spacial score (nSPS) is 12.1. The number of methoxy groups -OCH3 is 1. The molecule has 0 spiro atoms. The number of ether oxygens (including phenoxy) is 1. The van der Waals surface area contributed by atoms with Gasteiger partial charge in [0.05, 0.1) is 13.2 Å². The summed E-state index contributed by atoms with van der Waals surface area (Å²) >= 11 is 0. The molecule has 0 radical (unpaired) electrons. The fraction of sp³-hybridized carbons (Fsp3) is 0.286. The predicted octanol–water partition coefficient (Wildman–Crippen LogP) is 1.46. The number of hydrogen-bond acceptors (Lipinski definition) is 3. The number of hydrogen-bond donors (Lipinski definition) is 1. The smallest absolute Gasteiger partial charge is 0.330 e. The first-order valence-corrected chi connectivity index (χ1v) is 5.69. The van der Waals surface area contributed by atoms with Gasteiger partial charge >= 0.3 is 5.97 Å². The van der Waals surface area contributed by atoms with Crippen molar-refractivity contribution in [3.63, 3.8) is 0 Å². The maximum absolute atomic E-state index is 11.1. The van der Waals surface area contributed by atoms with Crippen LogP contribution in [0.15, 0.2) is 42.5 Å². The van der Waals surface area contributed by atoms with Crippen LogP contribution in [0.1, 0.15) is 12.5 Å². The van der Waals surface area contributed by atoms with Gasteiger partial charge in [-0.05, 0) is 12.0 Å². The summed E-state index contributed by atoms with van der Waals surface area (Å²) < 4.78 is 4.52. The fourth-order valence-corrected chi connectivity index (χ4v) is 1.56. The van der Waals surface area contributed by atoms with Crippen LogP contribution in [0.4, 0.5) is 0 Å². The van der Waals surface area contributed by atoms with E-state index in [1.807, 2.05) is 30.3 Å². The Hall–Kier alpha value is -2.10. The highest BCUT2D eigenvalue weighted by molar-refractivity contribution is 5.82. The second-order valence-electron chi connectivity index (χ2n) is 3.88. The van der Waals surface area contributed by atoms with E-state index in [4.69, 9.17) is 0 Å². The number of esters is 1. The quantitative estimate of drug-likeness (QED) is 0.633. The summed E-state index contributed by atoms with van der Waals surface area (Å²) in [6.07, 6.45) is 3.59. The molecule has 96 valence electrons. The number of carbonyl (C=O) groups excluding carboxylic acids is 2. The van der Waals surface area contributed by atoms with E-state index in [0.717, 1.165) is 5.56 Å². The van der Waals surface area contributed by atoms with E-state index >= 15 is 0 Å². The van der Waals surface area contributed by atoms with Gasteiger partial charge in [-0.25, -0.2) is 4.79 Å². The van der Waals surface area contributed by atoms with Crippen molar-refractivity contribution >= 4 is 11.9 Å². The van der Waals surface area contributed by atoms with Crippen LogP contribution in [0, 0.1) is 0 Å². The maximum atomic E-state index is 11.1. The molecule has 0 aliphatic carbocycles. The molecular formula is C14H17NO3. The van der Waals surface area contributed by atoms with E-state index in [2.05, 4.69) is 10.1 Å². The molecule has 1 aromatic rings. The number of carbonyl (C=O) groups is 2. The van der Waals surface area contributed by atoms with Crippen molar-refractivity contribution in [3.8, 4) is 0 Å². The molecule has 4 heteroatoms. The highest BCUT2D eigenvalue weighted by Crippen LogP contribution is 2.04. The molecule has 0 aliphatic rings. The largest absolute Gasteiger partial charge is 0.466 e. The fourth-order valence-electron chi connectivity index (χ4n) is 1.56. The van der Waals surface area contributed by atoms with Gasteiger partial charge in [-0.2, -0.15) is 0 Å². The van der Waals surface area contributed by atoms with Crippen LogP contribution in [0.2, 0.25) is 0 Å². The molecule has 1 aromatic carbocycles. The van der Waals surface area contributed by atoms with Crippen molar-refractivity contribution in [2.75, 3.05) is 7.11 Å². The monoisotopic (exact) mass is 247 g/mol. The van der Waals surface area contributed by atoms with Gasteiger partial charge in [0.1, 0.15) is 0 Å². The Morgan fingerprint density at radius 1 is 1.33 bits per heavy atom. The lowest BCUT2D eigenvalue weighted by Crippen LogP contribution is -2.33. The molecule has 0 aliphatic heterocycles. The van der Waals surface area contributed by atoms with Crippen LogP contribution in [-0.4, -0.2) is 25.0 Å². The minimum Gasteiger partial charge on any atom is -0.466 e. The van der Waals surface area contributed by atoms with Crippen molar-refractivity contribution < 1.29 is 14.3 Å². The van der Waals surface area contributed by atoms with Crippen LogP contribution in [0.5, 0.6) is 0 Å². The van der Waals surface area contributed by atoms with Crippen LogP contribution < -0.4 is 5.32 Å². The molecule has 1 amide bonds. The van der Waals surface area contributed by atoms with Gasteiger partial charge in [0, 0.05) is 13.0 Å². The first kappa shape index (κ1) is 14.0. The molecule has 0 saturated heterocycles. The Kier molecular flexibility index (Phi) is 5.64. The summed E-state index contributed by atoms with van der Waals surface area (Å²) in [6, 6.07) is 9.53. The molecule has 0 fully saturated rings. The molecule has 4 nitrogen and oxygen atoms in total. The van der Waals surface area contributed by atoms with Crippen molar-refractivity contribution in [2.45, 2.75) is 19.4 Å². The second kappa shape index (κ2) is 7.27. The van der Waals surface area contributed by atoms with Crippen molar-refractivity contribution in [1.82, 2.24) is 5.32 Å². The highest BCUT2D eigenvalue weighted by Gasteiger charge is 2.08. The summed E-state index contributed by atoms with van der Waals surface area (Å²) in [4.78, 5) is 22.1. The maximum Gasteiger partial charge on any atom is 0.330 e. The average molecular weight is 247 g/mol. The SMILES string of the molecule is COC(=O)C=CC(Cc1ccccc1)NC(C)=O. The van der Waals surface area contributed by atoms with Gasteiger partial charge in [0.2, 0.25) is 5.91 Å². The van der Waals surface area contributed by atoms with Gasteiger partial charge < -0.3 is 10.1 Å². The molecule has 1 rings (SSSR count). The summed E-state index contributed by atoms with van der Waals surface area (Å²) in [5.74, 6) is -0.566. The minimum atomic E-state index is -0.432. The van der Waals surface area contributed by atoms with Gasteiger partial charge in [-0.1, -0.05) is 36.4 Å². The number of rotatable bonds is 5. The molecule has 0 bridgehead atoms. The van der Waals surface area contributed by atoms with Crippen LogP contribution in [0.25, 0.3) is 0 Å². The van der Waals surface area contributed by atoms with Gasteiger partial charge in [-0.3, -0.25) is 4.79 Å². The first-order valence-electron chi connectivity index (χ1n) is 5.69. The Morgan fingerprint density at radius 2 is 2.00 bits per heavy atom. The minimum absolute atomic E-state index is 0.134. The van der Waals surface area contributed by atoms with Crippen molar-refractivity contribution in [3.05, 3.63) is 48.0 Å². The third-order valence-electron chi connectivity index (χ3n) is 2.35. The highest BCUT2D eigenvalue weighted by atomic mass is 16.5. The summed E-state index contributed by atoms with van der Waals surface area (Å²) in [5.41, 5.74) is 1.09. The van der Waals surface area contributed by atoms with Gasteiger partial charge in [0.25, 0.3) is 0 Å². The van der Waals surface area contributed by atoms with Gasteiger partial charge in [0.15, 0.2) is 0 Å². The Bertz CT molecular complexity index is 426. The zero-order valence-electron chi connectivity index (χ0n) is 10.6. The molecule has 18 heavy (non-hydrogen) atoms. The first-order chi connectivity index (χ1) is 8.61. The van der Waals surface area contributed by atoms with Crippen LogP contribution >= 0.6 is 0 Å². The molecule has 1 unspecified atom stereocenters. The molecule has 0 heterocycles. The lowest BCUT2D eigenvalue weighted by Gasteiger charge is -2.13. The molecular weight excluding hydrogens is 230 g/mol. The van der Waals surface area contributed by atoms with E-state index in [9.17, 15) is 9.59 Å². The molecule has 1 atom stereocenters. The molecule has 1 N–H and O–H groups in total. The predicted molar refractivity (Wildman–Crippen MR) is 68.9 cm³/mol.